The Hall–Kier alpha value is -1.69. The molecule has 0 fully saturated rings. The molecular weight excluding hydrogens is 270 g/mol. The topological polar surface area (TPSA) is 63.6 Å². The molecule has 106 valence electrons. The zero-order valence-electron chi connectivity index (χ0n) is 12.4. The van der Waals surface area contributed by atoms with Crippen LogP contribution in [-0.4, -0.2) is 27.0 Å². The number of anilines is 1. The Kier molecular flexibility index (Phi) is 4.54. The van der Waals surface area contributed by atoms with Gasteiger partial charge in [0, 0.05) is 30.4 Å². The minimum Gasteiger partial charge on any atom is -0.373 e. The van der Waals surface area contributed by atoms with E-state index in [1.165, 1.54) is 11.8 Å². The highest BCUT2D eigenvalue weighted by Gasteiger charge is 2.14. The van der Waals surface area contributed by atoms with Crippen molar-refractivity contribution in [2.75, 3.05) is 12.4 Å². The number of aromatic nitrogens is 4. The molecule has 0 aliphatic carbocycles. The summed E-state index contributed by atoms with van der Waals surface area (Å²) in [5.74, 6) is 1.97. The maximum atomic E-state index is 4.64. The molecular formula is C14H19N5S. The minimum atomic E-state index is 0.278. The molecule has 0 aliphatic rings. The van der Waals surface area contributed by atoms with E-state index in [0.717, 1.165) is 27.9 Å². The van der Waals surface area contributed by atoms with Crippen LogP contribution in [0.5, 0.6) is 0 Å². The van der Waals surface area contributed by atoms with E-state index in [0.29, 0.717) is 5.16 Å². The minimum absolute atomic E-state index is 0.278. The summed E-state index contributed by atoms with van der Waals surface area (Å²) in [6.07, 6.45) is 1.77. The number of hydrogen-bond donors (Lipinski definition) is 1. The summed E-state index contributed by atoms with van der Waals surface area (Å²) in [5, 5.41) is 4.74. The summed E-state index contributed by atoms with van der Waals surface area (Å²) in [5.41, 5.74) is 1.97. The van der Waals surface area contributed by atoms with Gasteiger partial charge < -0.3 is 5.32 Å². The zero-order chi connectivity index (χ0) is 14.7. The molecule has 5 nitrogen and oxygen atoms in total. The van der Waals surface area contributed by atoms with Gasteiger partial charge >= 0.3 is 0 Å². The Morgan fingerprint density at radius 3 is 2.50 bits per heavy atom. The SMILES string of the molecule is CNc1nc(C(C)C)nc(Sc2nccc(C)n2)c1C. The average Bonchev–Trinajstić information content (AvgIpc) is 2.41. The molecule has 0 amide bonds. The lowest BCUT2D eigenvalue weighted by molar-refractivity contribution is 0.749. The fourth-order valence-corrected chi connectivity index (χ4v) is 2.54. The number of hydrogen-bond acceptors (Lipinski definition) is 6. The van der Waals surface area contributed by atoms with E-state index in [1.54, 1.807) is 6.20 Å². The lowest BCUT2D eigenvalue weighted by atomic mass is 10.2. The van der Waals surface area contributed by atoms with Crippen molar-refractivity contribution in [2.45, 2.75) is 43.8 Å². The third-order valence-electron chi connectivity index (χ3n) is 2.83. The molecule has 0 spiro atoms. The molecule has 0 radical (unpaired) electrons. The molecule has 0 unspecified atom stereocenters. The summed E-state index contributed by atoms with van der Waals surface area (Å²) >= 11 is 1.48. The van der Waals surface area contributed by atoms with Crippen LogP contribution in [0.1, 0.15) is 36.8 Å². The summed E-state index contributed by atoms with van der Waals surface area (Å²) in [6.45, 7) is 8.13. The van der Waals surface area contributed by atoms with Crippen molar-refractivity contribution in [2.24, 2.45) is 0 Å². The monoisotopic (exact) mass is 289 g/mol. The predicted molar refractivity (Wildman–Crippen MR) is 81.3 cm³/mol. The molecule has 6 heteroatoms. The van der Waals surface area contributed by atoms with Crippen LogP contribution in [0, 0.1) is 13.8 Å². The third-order valence-corrected chi connectivity index (χ3v) is 3.80. The summed E-state index contributed by atoms with van der Waals surface area (Å²) in [6, 6.07) is 1.88. The Bertz CT molecular complexity index is 613. The van der Waals surface area contributed by atoms with Crippen LogP contribution in [0.3, 0.4) is 0 Å². The first kappa shape index (κ1) is 14.7. The molecule has 2 aromatic heterocycles. The molecule has 0 saturated heterocycles. The average molecular weight is 289 g/mol. The maximum absolute atomic E-state index is 4.64. The van der Waals surface area contributed by atoms with Crippen molar-refractivity contribution in [1.82, 2.24) is 19.9 Å². The molecule has 2 heterocycles. The molecule has 0 bridgehead atoms. The Morgan fingerprint density at radius 2 is 1.90 bits per heavy atom. The highest BCUT2D eigenvalue weighted by atomic mass is 32.2. The maximum Gasteiger partial charge on any atom is 0.194 e. The second-order valence-electron chi connectivity index (χ2n) is 4.85. The first-order chi connectivity index (χ1) is 9.51. The zero-order valence-corrected chi connectivity index (χ0v) is 13.2. The van der Waals surface area contributed by atoms with Gasteiger partial charge in [0.05, 0.1) is 0 Å². The summed E-state index contributed by atoms with van der Waals surface area (Å²) < 4.78 is 0. The molecule has 1 N–H and O–H groups in total. The van der Waals surface area contributed by atoms with Gasteiger partial charge in [0.15, 0.2) is 5.16 Å². The Balaban J connectivity index is 2.42. The first-order valence-electron chi connectivity index (χ1n) is 6.55. The van der Waals surface area contributed by atoms with Crippen LogP contribution >= 0.6 is 11.8 Å². The number of nitrogens with one attached hydrogen (secondary N) is 1. The van der Waals surface area contributed by atoms with E-state index in [1.807, 2.05) is 27.0 Å². The standard InChI is InChI=1S/C14H19N5S/c1-8(2)11-18-12(15-5)10(4)13(19-11)20-14-16-7-6-9(3)17-14/h6-8H,1-5H3,(H,15,18,19). The van der Waals surface area contributed by atoms with E-state index in [9.17, 15) is 0 Å². The van der Waals surface area contributed by atoms with Gasteiger partial charge in [-0.05, 0) is 31.7 Å². The van der Waals surface area contributed by atoms with Gasteiger partial charge in [-0.15, -0.1) is 0 Å². The fraction of sp³-hybridized carbons (Fsp3) is 0.429. The highest BCUT2D eigenvalue weighted by Crippen LogP contribution is 2.30. The lowest BCUT2D eigenvalue weighted by Gasteiger charge is -2.13. The van der Waals surface area contributed by atoms with E-state index in [2.05, 4.69) is 39.1 Å². The smallest absolute Gasteiger partial charge is 0.194 e. The van der Waals surface area contributed by atoms with Crippen LogP contribution in [-0.2, 0) is 0 Å². The van der Waals surface area contributed by atoms with Crippen LogP contribution in [0.2, 0.25) is 0 Å². The molecule has 0 saturated carbocycles. The molecule has 2 aromatic rings. The van der Waals surface area contributed by atoms with Gasteiger partial charge in [0.2, 0.25) is 0 Å². The largest absolute Gasteiger partial charge is 0.373 e. The van der Waals surface area contributed by atoms with Crippen LogP contribution in [0.4, 0.5) is 5.82 Å². The van der Waals surface area contributed by atoms with Crippen LogP contribution < -0.4 is 5.32 Å². The van der Waals surface area contributed by atoms with E-state index < -0.39 is 0 Å². The predicted octanol–water partition coefficient (Wildman–Crippen LogP) is 3.20. The number of aryl methyl sites for hydroxylation is 1. The van der Waals surface area contributed by atoms with Gasteiger partial charge in [-0.1, -0.05) is 13.8 Å². The van der Waals surface area contributed by atoms with E-state index in [-0.39, 0.29) is 5.92 Å². The number of nitrogens with zero attached hydrogens (tertiary/aromatic N) is 4. The second-order valence-corrected chi connectivity index (χ2v) is 5.80. The number of rotatable bonds is 4. The molecule has 0 aliphatic heterocycles. The van der Waals surface area contributed by atoms with Gasteiger partial charge in [-0.2, -0.15) is 0 Å². The second kappa shape index (κ2) is 6.17. The Morgan fingerprint density at radius 1 is 1.15 bits per heavy atom. The van der Waals surface area contributed by atoms with Gasteiger partial charge in [-0.3, -0.25) is 0 Å². The van der Waals surface area contributed by atoms with Crippen molar-refractivity contribution in [3.05, 3.63) is 29.3 Å². The normalized spacial score (nSPS) is 10.9. The fourth-order valence-electron chi connectivity index (χ4n) is 1.68. The lowest BCUT2D eigenvalue weighted by Crippen LogP contribution is -2.06. The summed E-state index contributed by atoms with van der Waals surface area (Å²) in [7, 11) is 1.87. The first-order valence-corrected chi connectivity index (χ1v) is 7.36. The third kappa shape index (κ3) is 3.25. The van der Waals surface area contributed by atoms with Crippen molar-refractivity contribution in [3.8, 4) is 0 Å². The van der Waals surface area contributed by atoms with Crippen molar-refractivity contribution in [1.29, 1.82) is 0 Å². The highest BCUT2D eigenvalue weighted by molar-refractivity contribution is 7.99. The van der Waals surface area contributed by atoms with Gasteiger partial charge in [0.25, 0.3) is 0 Å². The van der Waals surface area contributed by atoms with Crippen LogP contribution in [0.15, 0.2) is 22.4 Å². The molecule has 20 heavy (non-hydrogen) atoms. The molecule has 0 atom stereocenters. The summed E-state index contributed by atoms with van der Waals surface area (Å²) in [4.78, 5) is 17.9. The van der Waals surface area contributed by atoms with Crippen molar-refractivity contribution >= 4 is 17.6 Å². The van der Waals surface area contributed by atoms with E-state index >= 15 is 0 Å². The van der Waals surface area contributed by atoms with Crippen molar-refractivity contribution in [3.63, 3.8) is 0 Å². The van der Waals surface area contributed by atoms with Crippen molar-refractivity contribution < 1.29 is 0 Å². The van der Waals surface area contributed by atoms with E-state index in [4.69, 9.17) is 0 Å². The Labute approximate surface area is 123 Å². The molecule has 0 aromatic carbocycles. The quantitative estimate of drug-likeness (QED) is 0.689. The van der Waals surface area contributed by atoms with Crippen LogP contribution in [0.25, 0.3) is 0 Å². The van der Waals surface area contributed by atoms with Gasteiger partial charge in [0.1, 0.15) is 16.7 Å². The molecule has 2 rings (SSSR count). The van der Waals surface area contributed by atoms with Gasteiger partial charge in [-0.25, -0.2) is 19.9 Å².